The minimum atomic E-state index is -1.04. The predicted octanol–water partition coefficient (Wildman–Crippen LogP) is 2.99. The number of likely N-dealkylation sites (N-methyl/N-ethyl adjacent to an activating group) is 1. The van der Waals surface area contributed by atoms with Gasteiger partial charge in [0.05, 0.1) is 0 Å². The van der Waals surface area contributed by atoms with E-state index in [1.165, 1.54) is 11.0 Å². The molecular formula is C23H24FN3O3. The van der Waals surface area contributed by atoms with Crippen LogP contribution in [-0.4, -0.2) is 41.3 Å². The van der Waals surface area contributed by atoms with Gasteiger partial charge in [-0.25, -0.2) is 9.18 Å². The van der Waals surface area contributed by atoms with Gasteiger partial charge in [-0.15, -0.1) is 0 Å². The molecule has 0 aliphatic carbocycles. The average molecular weight is 409 g/mol. The van der Waals surface area contributed by atoms with Gasteiger partial charge in [-0.3, -0.25) is 10.1 Å². The maximum absolute atomic E-state index is 14.2. The van der Waals surface area contributed by atoms with Crippen LogP contribution in [0.4, 0.5) is 9.18 Å². The summed E-state index contributed by atoms with van der Waals surface area (Å²) in [5.41, 5.74) is 2.02. The quantitative estimate of drug-likeness (QED) is 0.678. The number of nitrogens with zero attached hydrogens (tertiary/aromatic N) is 1. The lowest BCUT2D eigenvalue weighted by molar-refractivity contribution is -0.122. The fraction of sp³-hybridized carbons (Fsp3) is 0.304. The molecule has 2 aliphatic rings. The number of dihydropyridines is 1. The smallest absolute Gasteiger partial charge is 0.324 e. The molecule has 156 valence electrons. The van der Waals surface area contributed by atoms with Crippen LogP contribution in [0.1, 0.15) is 19.4 Å². The molecule has 1 fully saturated rings. The Balaban J connectivity index is 1.70. The maximum atomic E-state index is 14.2. The van der Waals surface area contributed by atoms with Gasteiger partial charge in [0.2, 0.25) is 0 Å². The lowest BCUT2D eigenvalue weighted by Gasteiger charge is -2.35. The van der Waals surface area contributed by atoms with Gasteiger partial charge in [0.15, 0.2) is 0 Å². The molecule has 2 aromatic rings. The minimum absolute atomic E-state index is 0.00140. The summed E-state index contributed by atoms with van der Waals surface area (Å²) < 4.78 is 14.2. The van der Waals surface area contributed by atoms with E-state index in [1.807, 2.05) is 38.1 Å². The molecule has 2 aromatic carbocycles. The van der Waals surface area contributed by atoms with Crippen molar-refractivity contribution in [3.8, 4) is 0 Å². The Morgan fingerprint density at radius 3 is 2.53 bits per heavy atom. The van der Waals surface area contributed by atoms with E-state index < -0.39 is 18.3 Å². The molecule has 6 nitrogen and oxygen atoms in total. The molecule has 0 saturated carbocycles. The van der Waals surface area contributed by atoms with Crippen molar-refractivity contribution in [1.82, 2.24) is 15.5 Å². The van der Waals surface area contributed by atoms with E-state index in [4.69, 9.17) is 0 Å². The SMILES string of the molecule is CC(C)C(C1=CC=C(c2ccc3cccc(F)c3c2)NC1O)C1C(=O)NC(=O)N1C. The van der Waals surface area contributed by atoms with E-state index in [0.717, 1.165) is 10.9 Å². The van der Waals surface area contributed by atoms with Crippen molar-refractivity contribution in [2.24, 2.45) is 11.8 Å². The molecular weight excluding hydrogens is 385 g/mol. The molecule has 3 unspecified atom stereocenters. The van der Waals surface area contributed by atoms with Crippen molar-refractivity contribution in [2.45, 2.75) is 26.1 Å². The summed E-state index contributed by atoms with van der Waals surface area (Å²) in [6.07, 6.45) is 2.57. The first-order valence-electron chi connectivity index (χ1n) is 9.90. The fourth-order valence-corrected chi connectivity index (χ4v) is 4.33. The number of carbonyl (C=O) groups excluding carboxylic acids is 2. The zero-order chi connectivity index (χ0) is 21.6. The molecule has 3 N–H and O–H groups in total. The number of imide groups is 1. The number of allylic oxidation sites excluding steroid dienone is 2. The lowest BCUT2D eigenvalue weighted by Crippen LogP contribution is -2.46. The Bertz CT molecular complexity index is 1090. The summed E-state index contributed by atoms with van der Waals surface area (Å²) in [7, 11) is 1.58. The standard InChI is InChI=1S/C23H24FN3O3/c1-12(2)19(20-22(29)26-23(30)27(20)3)15-9-10-18(25-21(15)28)14-8-7-13-5-4-6-17(24)16(13)11-14/h4-12,19-21,25,28H,1-3H3,(H,26,29,30). The van der Waals surface area contributed by atoms with Gasteiger partial charge < -0.3 is 15.3 Å². The number of aliphatic hydroxyl groups is 1. The summed E-state index contributed by atoms with van der Waals surface area (Å²) in [6, 6.07) is 9.24. The van der Waals surface area contributed by atoms with Gasteiger partial charge in [-0.2, -0.15) is 0 Å². The van der Waals surface area contributed by atoms with E-state index in [0.29, 0.717) is 16.7 Å². The summed E-state index contributed by atoms with van der Waals surface area (Å²) in [4.78, 5) is 25.7. The number of fused-ring (bicyclic) bond motifs is 1. The largest absolute Gasteiger partial charge is 0.370 e. The molecule has 7 heteroatoms. The molecule has 0 radical (unpaired) electrons. The fourth-order valence-electron chi connectivity index (χ4n) is 4.33. The highest BCUT2D eigenvalue weighted by atomic mass is 19.1. The van der Waals surface area contributed by atoms with Crippen molar-refractivity contribution in [2.75, 3.05) is 7.05 Å². The summed E-state index contributed by atoms with van der Waals surface area (Å²) in [5, 5.41) is 17.5. The first kappa shape index (κ1) is 20.1. The van der Waals surface area contributed by atoms with Crippen LogP contribution in [0.15, 0.2) is 54.1 Å². The van der Waals surface area contributed by atoms with Crippen LogP contribution in [0.2, 0.25) is 0 Å². The van der Waals surface area contributed by atoms with Gasteiger partial charge in [0, 0.05) is 24.0 Å². The van der Waals surface area contributed by atoms with E-state index in [2.05, 4.69) is 10.6 Å². The first-order chi connectivity index (χ1) is 14.3. The molecule has 0 aromatic heterocycles. The topological polar surface area (TPSA) is 81.7 Å². The van der Waals surface area contributed by atoms with Crippen molar-refractivity contribution in [3.63, 3.8) is 0 Å². The number of hydrogen-bond donors (Lipinski definition) is 3. The number of rotatable bonds is 4. The second-order valence-electron chi connectivity index (χ2n) is 8.09. The van der Waals surface area contributed by atoms with Crippen LogP contribution in [-0.2, 0) is 4.79 Å². The first-order valence-corrected chi connectivity index (χ1v) is 9.90. The Labute approximate surface area is 174 Å². The molecule has 3 amide bonds. The van der Waals surface area contributed by atoms with Crippen LogP contribution in [0.5, 0.6) is 0 Å². The van der Waals surface area contributed by atoms with Crippen LogP contribution in [0.25, 0.3) is 16.5 Å². The van der Waals surface area contributed by atoms with Gasteiger partial charge in [0.1, 0.15) is 18.1 Å². The van der Waals surface area contributed by atoms with E-state index >= 15 is 0 Å². The normalized spacial score (nSPS) is 22.7. The molecule has 0 bridgehead atoms. The van der Waals surface area contributed by atoms with Crippen molar-refractivity contribution in [3.05, 3.63) is 65.5 Å². The summed E-state index contributed by atoms with van der Waals surface area (Å²) >= 11 is 0. The maximum Gasteiger partial charge on any atom is 0.324 e. The van der Waals surface area contributed by atoms with E-state index in [1.54, 1.807) is 25.3 Å². The summed E-state index contributed by atoms with van der Waals surface area (Å²) in [6.45, 7) is 3.90. The minimum Gasteiger partial charge on any atom is -0.370 e. The Kier molecular flexibility index (Phi) is 5.07. The molecule has 0 spiro atoms. The molecule has 4 rings (SSSR count). The third-order valence-electron chi connectivity index (χ3n) is 5.87. The number of carbonyl (C=O) groups is 2. The van der Waals surface area contributed by atoms with Gasteiger partial charge in [-0.05, 0) is 40.6 Å². The number of halogens is 1. The van der Waals surface area contributed by atoms with Gasteiger partial charge in [-0.1, -0.05) is 44.2 Å². The van der Waals surface area contributed by atoms with Crippen LogP contribution in [0.3, 0.4) is 0 Å². The highest BCUT2D eigenvalue weighted by Crippen LogP contribution is 2.34. The number of benzene rings is 2. The molecule has 2 heterocycles. The van der Waals surface area contributed by atoms with E-state index in [9.17, 15) is 19.1 Å². The number of aliphatic hydroxyl groups excluding tert-OH is 1. The van der Waals surface area contributed by atoms with Gasteiger partial charge in [0.25, 0.3) is 5.91 Å². The Hall–Kier alpha value is -3.19. The zero-order valence-electron chi connectivity index (χ0n) is 17.0. The average Bonchev–Trinajstić information content (AvgIpc) is 2.95. The Morgan fingerprint density at radius 2 is 1.90 bits per heavy atom. The Morgan fingerprint density at radius 1 is 1.13 bits per heavy atom. The second-order valence-corrected chi connectivity index (χ2v) is 8.09. The monoisotopic (exact) mass is 409 g/mol. The molecule has 2 aliphatic heterocycles. The molecule has 3 atom stereocenters. The number of hydrogen-bond acceptors (Lipinski definition) is 4. The summed E-state index contributed by atoms with van der Waals surface area (Å²) in [5.74, 6) is -1.03. The number of urea groups is 1. The second kappa shape index (κ2) is 7.57. The highest BCUT2D eigenvalue weighted by molar-refractivity contribution is 6.04. The van der Waals surface area contributed by atoms with Crippen LogP contribution < -0.4 is 10.6 Å². The number of nitrogens with one attached hydrogen (secondary N) is 2. The zero-order valence-corrected chi connectivity index (χ0v) is 17.0. The van der Waals surface area contributed by atoms with Crippen molar-refractivity contribution < 1.29 is 19.1 Å². The van der Waals surface area contributed by atoms with E-state index in [-0.39, 0.29) is 23.6 Å². The van der Waals surface area contributed by atoms with Crippen molar-refractivity contribution in [1.29, 1.82) is 0 Å². The third kappa shape index (κ3) is 3.35. The number of amides is 3. The van der Waals surface area contributed by atoms with Crippen molar-refractivity contribution >= 4 is 28.4 Å². The lowest BCUT2D eigenvalue weighted by atomic mass is 9.79. The highest BCUT2D eigenvalue weighted by Gasteiger charge is 2.45. The van der Waals surface area contributed by atoms with Crippen LogP contribution >= 0.6 is 0 Å². The van der Waals surface area contributed by atoms with Gasteiger partial charge >= 0.3 is 6.03 Å². The molecule has 30 heavy (non-hydrogen) atoms. The molecule has 1 saturated heterocycles. The van der Waals surface area contributed by atoms with Crippen LogP contribution in [0, 0.1) is 17.7 Å². The predicted molar refractivity (Wildman–Crippen MR) is 113 cm³/mol. The third-order valence-corrected chi connectivity index (χ3v) is 5.87.